The number of sulfonamides is 1. The molecule has 2 aliphatic heterocycles. The molecule has 2 saturated heterocycles. The molecule has 1 aliphatic carbocycles. The number of rotatable bonds is 3. The summed E-state index contributed by atoms with van der Waals surface area (Å²) in [7, 11) is -3.11. The van der Waals surface area contributed by atoms with Crippen LogP contribution in [0.1, 0.15) is 25.7 Å². The molecule has 6 nitrogen and oxygen atoms in total. The molecule has 0 aromatic rings. The monoisotopic (exact) mass is 315 g/mol. The Kier molecular flexibility index (Phi) is 4.25. The summed E-state index contributed by atoms with van der Waals surface area (Å²) in [5, 5.41) is 0. The topological polar surface area (TPSA) is 60.9 Å². The predicted molar refractivity (Wildman–Crippen MR) is 80.3 cm³/mol. The highest BCUT2D eigenvalue weighted by molar-refractivity contribution is 7.88. The van der Waals surface area contributed by atoms with E-state index in [1.54, 1.807) is 0 Å². The molecule has 0 unspecified atom stereocenters. The number of piperidine rings is 1. The van der Waals surface area contributed by atoms with Crippen molar-refractivity contribution in [2.24, 2.45) is 5.92 Å². The van der Waals surface area contributed by atoms with Crippen molar-refractivity contribution in [1.29, 1.82) is 0 Å². The fraction of sp³-hybridized carbons (Fsp3) is 0.929. The Morgan fingerprint density at radius 1 is 0.905 bits per heavy atom. The second-order valence-electron chi connectivity index (χ2n) is 6.53. The molecule has 3 fully saturated rings. The summed E-state index contributed by atoms with van der Waals surface area (Å²) >= 11 is 0. The summed E-state index contributed by atoms with van der Waals surface area (Å²) in [6.07, 6.45) is 5.20. The lowest BCUT2D eigenvalue weighted by atomic mass is 9.96. The van der Waals surface area contributed by atoms with Crippen LogP contribution in [0.5, 0.6) is 0 Å². The van der Waals surface area contributed by atoms with Crippen molar-refractivity contribution in [2.75, 3.05) is 45.5 Å². The number of piperazine rings is 1. The first-order chi connectivity index (χ1) is 9.95. The highest BCUT2D eigenvalue weighted by Gasteiger charge is 2.35. The van der Waals surface area contributed by atoms with Crippen LogP contribution in [0.15, 0.2) is 0 Å². The zero-order valence-corrected chi connectivity index (χ0v) is 13.5. The largest absolute Gasteiger partial charge is 0.340 e. The van der Waals surface area contributed by atoms with Gasteiger partial charge in [0.1, 0.15) is 0 Å². The number of nitrogens with zero attached hydrogens (tertiary/aromatic N) is 3. The van der Waals surface area contributed by atoms with Gasteiger partial charge in [0.25, 0.3) is 0 Å². The smallest absolute Gasteiger partial charge is 0.225 e. The quantitative estimate of drug-likeness (QED) is 0.733. The molecule has 0 N–H and O–H groups in total. The molecule has 0 aromatic heterocycles. The molecular weight excluding hydrogens is 290 g/mol. The lowest BCUT2D eigenvalue weighted by Crippen LogP contribution is -2.52. The third-order valence-electron chi connectivity index (χ3n) is 4.96. The van der Waals surface area contributed by atoms with Gasteiger partial charge in [0.05, 0.1) is 6.26 Å². The van der Waals surface area contributed by atoms with Crippen LogP contribution < -0.4 is 0 Å². The fourth-order valence-corrected chi connectivity index (χ4v) is 4.31. The van der Waals surface area contributed by atoms with E-state index < -0.39 is 10.0 Å². The number of amides is 1. The maximum atomic E-state index is 12.5. The molecule has 0 bridgehead atoms. The molecule has 3 rings (SSSR count). The predicted octanol–water partition coefficient (Wildman–Crippen LogP) is -0.0354. The molecule has 0 spiro atoms. The number of carbonyl (C=O) groups is 1. The lowest BCUT2D eigenvalue weighted by Gasteiger charge is -2.38. The molecule has 3 aliphatic rings. The maximum Gasteiger partial charge on any atom is 0.225 e. The normalized spacial score (nSPS) is 27.0. The van der Waals surface area contributed by atoms with Gasteiger partial charge in [0, 0.05) is 51.2 Å². The van der Waals surface area contributed by atoms with Crippen molar-refractivity contribution in [1.82, 2.24) is 14.1 Å². The van der Waals surface area contributed by atoms with Crippen LogP contribution in [-0.4, -0.2) is 80.0 Å². The van der Waals surface area contributed by atoms with Crippen LogP contribution in [-0.2, 0) is 14.8 Å². The summed E-state index contributed by atoms with van der Waals surface area (Å²) in [5.74, 6) is 0.245. The Labute approximate surface area is 127 Å². The molecule has 120 valence electrons. The van der Waals surface area contributed by atoms with E-state index in [1.807, 2.05) is 4.90 Å². The summed E-state index contributed by atoms with van der Waals surface area (Å²) in [6.45, 7) is 4.63. The van der Waals surface area contributed by atoms with E-state index >= 15 is 0 Å². The first-order valence-corrected chi connectivity index (χ1v) is 9.78. The Morgan fingerprint density at radius 2 is 1.48 bits per heavy atom. The van der Waals surface area contributed by atoms with E-state index in [0.29, 0.717) is 25.9 Å². The molecule has 1 amide bonds. The van der Waals surface area contributed by atoms with Gasteiger partial charge in [-0.05, 0) is 25.7 Å². The van der Waals surface area contributed by atoms with Crippen LogP contribution in [0.3, 0.4) is 0 Å². The molecule has 7 heteroatoms. The zero-order chi connectivity index (χ0) is 15.0. The van der Waals surface area contributed by atoms with Crippen molar-refractivity contribution < 1.29 is 13.2 Å². The van der Waals surface area contributed by atoms with Gasteiger partial charge in [-0.3, -0.25) is 9.69 Å². The van der Waals surface area contributed by atoms with Crippen LogP contribution in [0.4, 0.5) is 0 Å². The van der Waals surface area contributed by atoms with E-state index in [0.717, 1.165) is 32.2 Å². The second kappa shape index (κ2) is 5.85. The van der Waals surface area contributed by atoms with E-state index in [4.69, 9.17) is 0 Å². The number of hydrogen-bond acceptors (Lipinski definition) is 4. The van der Waals surface area contributed by atoms with Gasteiger partial charge in [-0.15, -0.1) is 0 Å². The van der Waals surface area contributed by atoms with Crippen molar-refractivity contribution in [3.63, 3.8) is 0 Å². The van der Waals surface area contributed by atoms with Gasteiger partial charge >= 0.3 is 0 Å². The Bertz CT molecular complexity index is 488. The highest BCUT2D eigenvalue weighted by Crippen LogP contribution is 2.28. The van der Waals surface area contributed by atoms with E-state index in [-0.39, 0.29) is 11.8 Å². The van der Waals surface area contributed by atoms with Gasteiger partial charge in [-0.2, -0.15) is 0 Å². The third-order valence-corrected chi connectivity index (χ3v) is 6.26. The van der Waals surface area contributed by atoms with Gasteiger partial charge < -0.3 is 4.90 Å². The first kappa shape index (κ1) is 15.2. The molecule has 1 saturated carbocycles. The molecule has 0 radical (unpaired) electrons. The number of carbonyl (C=O) groups excluding carboxylic acids is 1. The minimum absolute atomic E-state index is 0.00970. The second-order valence-corrected chi connectivity index (χ2v) is 8.51. The summed E-state index contributed by atoms with van der Waals surface area (Å²) in [4.78, 5) is 17.0. The maximum absolute atomic E-state index is 12.5. The van der Waals surface area contributed by atoms with E-state index in [1.165, 1.54) is 23.4 Å². The van der Waals surface area contributed by atoms with Crippen LogP contribution in [0.2, 0.25) is 0 Å². The fourth-order valence-electron chi connectivity index (χ4n) is 3.44. The Balaban J connectivity index is 1.48. The molecule has 2 heterocycles. The third kappa shape index (κ3) is 3.57. The molecule has 0 aromatic carbocycles. The van der Waals surface area contributed by atoms with Crippen molar-refractivity contribution in [2.45, 2.75) is 31.7 Å². The van der Waals surface area contributed by atoms with Crippen LogP contribution >= 0.6 is 0 Å². The molecule has 21 heavy (non-hydrogen) atoms. The van der Waals surface area contributed by atoms with E-state index in [2.05, 4.69) is 4.90 Å². The van der Waals surface area contributed by atoms with Crippen LogP contribution in [0, 0.1) is 5.92 Å². The Morgan fingerprint density at radius 3 is 1.95 bits per heavy atom. The molecular formula is C14H25N3O3S. The lowest BCUT2D eigenvalue weighted by molar-refractivity contribution is -0.138. The standard InChI is InChI=1S/C14H25N3O3S/c1-21(19,20)17-6-4-12(5-7-17)14(18)16-10-8-15(9-11-16)13-2-3-13/h12-13H,2-11H2,1H3. The SMILES string of the molecule is CS(=O)(=O)N1CCC(C(=O)N2CCN(C3CC3)CC2)CC1. The van der Waals surface area contributed by atoms with Gasteiger partial charge in [-0.25, -0.2) is 12.7 Å². The zero-order valence-electron chi connectivity index (χ0n) is 12.7. The van der Waals surface area contributed by atoms with Crippen molar-refractivity contribution >= 4 is 15.9 Å². The van der Waals surface area contributed by atoms with Crippen LogP contribution in [0.25, 0.3) is 0 Å². The minimum atomic E-state index is -3.11. The molecule has 0 atom stereocenters. The van der Waals surface area contributed by atoms with E-state index in [9.17, 15) is 13.2 Å². The van der Waals surface area contributed by atoms with Gasteiger partial charge in [0.2, 0.25) is 15.9 Å². The van der Waals surface area contributed by atoms with Crippen molar-refractivity contribution in [3.05, 3.63) is 0 Å². The van der Waals surface area contributed by atoms with Gasteiger partial charge in [-0.1, -0.05) is 0 Å². The summed E-state index contributed by atoms with van der Waals surface area (Å²) in [5.41, 5.74) is 0. The Hall–Kier alpha value is -0.660. The van der Waals surface area contributed by atoms with Crippen molar-refractivity contribution in [3.8, 4) is 0 Å². The average molecular weight is 315 g/mol. The number of hydrogen-bond donors (Lipinski definition) is 0. The average Bonchev–Trinajstić information content (AvgIpc) is 3.31. The summed E-state index contributed by atoms with van der Waals surface area (Å²) in [6, 6.07) is 0.778. The van der Waals surface area contributed by atoms with Gasteiger partial charge in [0.15, 0.2) is 0 Å². The first-order valence-electron chi connectivity index (χ1n) is 7.93. The summed E-state index contributed by atoms with van der Waals surface area (Å²) < 4.78 is 24.5. The minimum Gasteiger partial charge on any atom is -0.340 e. The highest BCUT2D eigenvalue weighted by atomic mass is 32.2.